The largest absolute Gasteiger partial charge is 0.351 e. The molecule has 0 spiro atoms. The van der Waals surface area contributed by atoms with Crippen LogP contribution in [0.5, 0.6) is 0 Å². The number of amides is 3. The van der Waals surface area contributed by atoms with Crippen molar-refractivity contribution in [3.8, 4) is 0 Å². The maximum absolute atomic E-state index is 14.2. The van der Waals surface area contributed by atoms with Crippen molar-refractivity contribution < 1.29 is 18.8 Å². The molecular formula is C25H24ClFN4O3. The van der Waals surface area contributed by atoms with Crippen LogP contribution in [0, 0.1) is 18.7 Å². The van der Waals surface area contributed by atoms with Gasteiger partial charge in [-0.05, 0) is 43.4 Å². The number of nitrogens with zero attached hydrogens (tertiary/aromatic N) is 2. The second kappa shape index (κ2) is 8.43. The summed E-state index contributed by atoms with van der Waals surface area (Å²) in [6, 6.07) is 10.8. The van der Waals surface area contributed by atoms with Crippen molar-refractivity contribution in [1.29, 1.82) is 0 Å². The molecule has 2 heterocycles. The third kappa shape index (κ3) is 3.72. The molecule has 1 aliphatic carbocycles. The number of hydrogen-bond acceptors (Lipinski definition) is 3. The molecule has 0 bridgehead atoms. The van der Waals surface area contributed by atoms with Crippen molar-refractivity contribution >= 4 is 40.3 Å². The summed E-state index contributed by atoms with van der Waals surface area (Å²) in [7, 11) is 0. The topological polar surface area (TPSA) is 97.4 Å². The lowest BCUT2D eigenvalue weighted by Crippen LogP contribution is -2.48. The fourth-order valence-corrected chi connectivity index (χ4v) is 5.41. The highest BCUT2D eigenvalue weighted by Crippen LogP contribution is 2.48. The number of hydrogen-bond donors (Lipinski definition) is 2. The number of para-hydroxylation sites is 1. The van der Waals surface area contributed by atoms with Crippen molar-refractivity contribution in [2.45, 2.75) is 44.8 Å². The predicted molar refractivity (Wildman–Crippen MR) is 126 cm³/mol. The number of fused-ring (bicyclic) bond motifs is 2. The van der Waals surface area contributed by atoms with E-state index in [1.54, 1.807) is 30.0 Å². The van der Waals surface area contributed by atoms with Crippen LogP contribution in [0.1, 0.15) is 29.7 Å². The fraction of sp³-hybridized carbons (Fsp3) is 0.320. The summed E-state index contributed by atoms with van der Waals surface area (Å²) in [6.07, 6.45) is 1.52. The zero-order chi connectivity index (χ0) is 24.1. The van der Waals surface area contributed by atoms with Gasteiger partial charge in [-0.15, -0.1) is 0 Å². The molecule has 2 aromatic carbocycles. The van der Waals surface area contributed by atoms with Crippen molar-refractivity contribution in [2.24, 2.45) is 11.7 Å². The Kier molecular flexibility index (Phi) is 5.56. The van der Waals surface area contributed by atoms with Crippen LogP contribution < -0.4 is 11.1 Å². The lowest BCUT2D eigenvalue weighted by atomic mass is 10.1. The summed E-state index contributed by atoms with van der Waals surface area (Å²) in [5.41, 5.74) is 7.86. The zero-order valence-electron chi connectivity index (χ0n) is 18.6. The van der Waals surface area contributed by atoms with E-state index in [1.165, 1.54) is 10.6 Å². The molecule has 2 fully saturated rings. The Morgan fingerprint density at radius 1 is 1.15 bits per heavy atom. The zero-order valence-corrected chi connectivity index (χ0v) is 19.3. The first-order chi connectivity index (χ1) is 16.3. The Bertz CT molecular complexity index is 1340. The Morgan fingerprint density at radius 3 is 2.68 bits per heavy atom. The number of piperidine rings is 1. The number of aromatic nitrogens is 1. The van der Waals surface area contributed by atoms with Gasteiger partial charge in [-0.3, -0.25) is 14.2 Å². The van der Waals surface area contributed by atoms with Gasteiger partial charge >= 0.3 is 6.03 Å². The molecular weight excluding hydrogens is 459 g/mol. The quantitative estimate of drug-likeness (QED) is 0.582. The molecule has 1 saturated carbocycles. The van der Waals surface area contributed by atoms with Crippen LogP contribution in [-0.2, 0) is 22.6 Å². The van der Waals surface area contributed by atoms with E-state index in [2.05, 4.69) is 5.32 Å². The van der Waals surface area contributed by atoms with Crippen molar-refractivity contribution in [3.05, 3.63) is 70.1 Å². The van der Waals surface area contributed by atoms with Gasteiger partial charge in [-0.2, -0.15) is 0 Å². The van der Waals surface area contributed by atoms with Crippen LogP contribution in [0.2, 0.25) is 5.02 Å². The fourth-order valence-electron chi connectivity index (χ4n) is 5.22. The number of primary amides is 1. The molecule has 7 nitrogen and oxygen atoms in total. The monoisotopic (exact) mass is 482 g/mol. The number of likely N-dealkylation sites (tertiary alicyclic amines) is 1. The number of halogens is 2. The van der Waals surface area contributed by atoms with Crippen LogP contribution in [0.3, 0.4) is 0 Å². The molecule has 3 aromatic rings. The standard InChI is InChI=1S/C25H24ClFN4O3/c1-13-17(16-6-2-3-8-19(16)30(13)25(28)34)11-22(32)31-20-9-15(20)10-21(31)24(33)29-12-14-5-4-7-18(26)23(14)27/h2-8,15,20-21H,9-12H2,1H3,(H2,28,34)(H,29,33)/t15?,20-,21+/m1/s1. The first-order valence-corrected chi connectivity index (χ1v) is 11.6. The summed E-state index contributed by atoms with van der Waals surface area (Å²) >= 11 is 5.83. The highest BCUT2D eigenvalue weighted by molar-refractivity contribution is 6.30. The van der Waals surface area contributed by atoms with Crippen LogP contribution >= 0.6 is 11.6 Å². The average molecular weight is 483 g/mol. The number of nitrogens with two attached hydrogens (primary N) is 1. The Hall–Kier alpha value is -3.39. The minimum absolute atomic E-state index is 0.00356. The Labute approximate surface area is 200 Å². The van der Waals surface area contributed by atoms with Gasteiger partial charge in [0.25, 0.3) is 0 Å². The molecule has 1 saturated heterocycles. The number of rotatable bonds is 5. The number of carbonyl (C=O) groups is 3. The van der Waals surface area contributed by atoms with E-state index in [-0.39, 0.29) is 41.4 Å². The molecule has 5 rings (SSSR count). The molecule has 3 atom stereocenters. The van der Waals surface area contributed by atoms with E-state index in [0.717, 1.165) is 17.4 Å². The number of benzene rings is 2. The Morgan fingerprint density at radius 2 is 1.91 bits per heavy atom. The SMILES string of the molecule is Cc1c(CC(=O)N2[C@@H]3CC3C[C@H]2C(=O)NCc2cccc(Cl)c2F)c2ccccc2n1C(N)=O. The molecule has 2 aliphatic rings. The summed E-state index contributed by atoms with van der Waals surface area (Å²) < 4.78 is 15.6. The smallest absolute Gasteiger partial charge is 0.323 e. The average Bonchev–Trinajstić information content (AvgIpc) is 3.37. The number of nitrogens with one attached hydrogen (secondary N) is 1. The first-order valence-electron chi connectivity index (χ1n) is 11.2. The van der Waals surface area contributed by atoms with Gasteiger partial charge in [0.1, 0.15) is 11.9 Å². The number of carbonyl (C=O) groups excluding carboxylic acids is 3. The van der Waals surface area contributed by atoms with Crippen molar-refractivity contribution in [3.63, 3.8) is 0 Å². The van der Waals surface area contributed by atoms with Gasteiger partial charge < -0.3 is 16.0 Å². The molecule has 9 heteroatoms. The molecule has 34 heavy (non-hydrogen) atoms. The maximum atomic E-state index is 14.2. The second-order valence-electron chi connectivity index (χ2n) is 8.98. The van der Waals surface area contributed by atoms with Crippen LogP contribution in [0.25, 0.3) is 10.9 Å². The van der Waals surface area contributed by atoms with Crippen LogP contribution in [0.15, 0.2) is 42.5 Å². The van der Waals surface area contributed by atoms with E-state index in [1.807, 2.05) is 18.2 Å². The normalized spacial score (nSPS) is 20.9. The van der Waals surface area contributed by atoms with Gasteiger partial charge in [-0.1, -0.05) is 41.9 Å². The maximum Gasteiger partial charge on any atom is 0.323 e. The molecule has 176 valence electrons. The summed E-state index contributed by atoms with van der Waals surface area (Å²) in [5.74, 6) is -0.741. The Balaban J connectivity index is 1.36. The van der Waals surface area contributed by atoms with E-state index in [0.29, 0.717) is 23.5 Å². The third-order valence-corrected chi connectivity index (χ3v) is 7.26. The van der Waals surface area contributed by atoms with Crippen molar-refractivity contribution in [2.75, 3.05) is 0 Å². The summed E-state index contributed by atoms with van der Waals surface area (Å²) in [5, 5.41) is 3.55. The van der Waals surface area contributed by atoms with Crippen molar-refractivity contribution in [1.82, 2.24) is 14.8 Å². The van der Waals surface area contributed by atoms with Gasteiger partial charge in [0.05, 0.1) is 17.0 Å². The molecule has 3 amide bonds. The molecule has 1 unspecified atom stereocenters. The predicted octanol–water partition coefficient (Wildman–Crippen LogP) is 3.52. The van der Waals surface area contributed by atoms with Gasteiger partial charge in [0, 0.05) is 29.2 Å². The summed E-state index contributed by atoms with van der Waals surface area (Å²) in [6.45, 7) is 1.76. The minimum atomic E-state index is -0.610. The molecule has 1 aromatic heterocycles. The molecule has 0 radical (unpaired) electrons. The highest BCUT2D eigenvalue weighted by atomic mass is 35.5. The summed E-state index contributed by atoms with van der Waals surface area (Å²) in [4.78, 5) is 40.2. The highest BCUT2D eigenvalue weighted by Gasteiger charge is 2.55. The first kappa shape index (κ1) is 22.4. The van der Waals surface area contributed by atoms with Gasteiger partial charge in [-0.25, -0.2) is 9.18 Å². The van der Waals surface area contributed by atoms with E-state index in [9.17, 15) is 18.8 Å². The lowest BCUT2D eigenvalue weighted by molar-refractivity contribution is -0.139. The van der Waals surface area contributed by atoms with Gasteiger partial charge in [0.15, 0.2) is 0 Å². The molecule has 1 aliphatic heterocycles. The second-order valence-corrected chi connectivity index (χ2v) is 9.39. The van der Waals surface area contributed by atoms with Crippen LogP contribution in [-0.4, -0.2) is 39.4 Å². The van der Waals surface area contributed by atoms with Crippen LogP contribution in [0.4, 0.5) is 9.18 Å². The van der Waals surface area contributed by atoms with Gasteiger partial charge in [0.2, 0.25) is 11.8 Å². The lowest BCUT2D eigenvalue weighted by Gasteiger charge is -2.27. The minimum Gasteiger partial charge on any atom is -0.351 e. The van der Waals surface area contributed by atoms with E-state index < -0.39 is 17.9 Å². The third-order valence-electron chi connectivity index (χ3n) is 6.97. The van der Waals surface area contributed by atoms with E-state index >= 15 is 0 Å². The molecule has 3 N–H and O–H groups in total. The van der Waals surface area contributed by atoms with E-state index in [4.69, 9.17) is 17.3 Å².